The average molecular weight is 448 g/mol. The van der Waals surface area contributed by atoms with Crippen molar-refractivity contribution in [3.05, 3.63) is 71.3 Å². The quantitative estimate of drug-likeness (QED) is 0.480. The summed E-state index contributed by atoms with van der Waals surface area (Å²) < 4.78 is 0. The zero-order valence-electron chi connectivity index (χ0n) is 20.0. The molecule has 2 heterocycles. The lowest BCUT2D eigenvalue weighted by Crippen LogP contribution is -2.44. The number of likely N-dealkylation sites (tertiary alicyclic amines) is 2. The van der Waals surface area contributed by atoms with E-state index in [1.54, 1.807) is 0 Å². The number of aliphatic imine (C=N–C) groups is 1. The van der Waals surface area contributed by atoms with Crippen LogP contribution in [0, 0.1) is 0 Å². The molecular weight excluding hydrogens is 410 g/mol. The maximum atomic E-state index is 11.9. The van der Waals surface area contributed by atoms with E-state index < -0.39 is 0 Å². The van der Waals surface area contributed by atoms with Gasteiger partial charge in [0.1, 0.15) is 0 Å². The molecule has 2 atom stereocenters. The smallest absolute Gasteiger partial charge is 0.222 e. The monoisotopic (exact) mass is 447 g/mol. The lowest BCUT2D eigenvalue weighted by atomic mass is 10.1. The zero-order valence-corrected chi connectivity index (χ0v) is 20.0. The second kappa shape index (κ2) is 11.3. The van der Waals surface area contributed by atoms with Crippen LogP contribution in [0.1, 0.15) is 49.8 Å². The summed E-state index contributed by atoms with van der Waals surface area (Å²) in [5.74, 6) is 1.14. The summed E-state index contributed by atoms with van der Waals surface area (Å²) in [6.07, 6.45) is 2.77. The predicted octanol–water partition coefficient (Wildman–Crippen LogP) is 3.53. The van der Waals surface area contributed by atoms with Crippen LogP contribution in [0.4, 0.5) is 0 Å². The molecule has 0 radical (unpaired) electrons. The van der Waals surface area contributed by atoms with E-state index in [1.165, 1.54) is 16.7 Å². The van der Waals surface area contributed by atoms with Crippen molar-refractivity contribution in [1.29, 1.82) is 0 Å². The van der Waals surface area contributed by atoms with E-state index in [1.807, 2.05) is 4.90 Å². The molecular formula is C27H37N5O. The molecule has 6 heteroatoms. The fourth-order valence-corrected chi connectivity index (χ4v) is 4.84. The van der Waals surface area contributed by atoms with Crippen molar-refractivity contribution in [2.45, 2.75) is 64.8 Å². The molecule has 4 rings (SSSR count). The van der Waals surface area contributed by atoms with Gasteiger partial charge in [-0.25, -0.2) is 4.99 Å². The number of hydrogen-bond acceptors (Lipinski definition) is 3. The Kier molecular flexibility index (Phi) is 8.00. The number of carbonyl (C=O) groups is 1. The number of hydrogen-bond donors (Lipinski definition) is 2. The Bertz CT molecular complexity index is 945. The van der Waals surface area contributed by atoms with Gasteiger partial charge in [0.2, 0.25) is 5.91 Å². The van der Waals surface area contributed by atoms with E-state index in [-0.39, 0.29) is 5.91 Å². The van der Waals surface area contributed by atoms with Gasteiger partial charge in [-0.2, -0.15) is 0 Å². The van der Waals surface area contributed by atoms with Crippen LogP contribution in [-0.2, 0) is 24.4 Å². The van der Waals surface area contributed by atoms with Crippen LogP contribution in [-0.4, -0.2) is 53.4 Å². The molecule has 2 aromatic rings. The van der Waals surface area contributed by atoms with Gasteiger partial charge in [-0.3, -0.25) is 9.69 Å². The number of nitrogens with zero attached hydrogens (tertiary/aromatic N) is 3. The number of benzene rings is 2. The molecule has 2 aliphatic heterocycles. The highest BCUT2D eigenvalue weighted by molar-refractivity contribution is 5.80. The van der Waals surface area contributed by atoms with Crippen LogP contribution in [0.15, 0.2) is 59.6 Å². The van der Waals surface area contributed by atoms with Gasteiger partial charge in [0, 0.05) is 51.2 Å². The van der Waals surface area contributed by atoms with E-state index in [0.717, 1.165) is 45.0 Å². The summed E-state index contributed by atoms with van der Waals surface area (Å²) >= 11 is 0. The first kappa shape index (κ1) is 23.3. The maximum absolute atomic E-state index is 11.9. The van der Waals surface area contributed by atoms with E-state index in [9.17, 15) is 4.79 Å². The van der Waals surface area contributed by atoms with Gasteiger partial charge >= 0.3 is 0 Å². The van der Waals surface area contributed by atoms with Crippen molar-refractivity contribution in [1.82, 2.24) is 20.4 Å². The Labute approximate surface area is 198 Å². The van der Waals surface area contributed by atoms with Gasteiger partial charge in [-0.1, -0.05) is 54.6 Å². The third-order valence-corrected chi connectivity index (χ3v) is 6.57. The van der Waals surface area contributed by atoms with Crippen molar-refractivity contribution in [3.63, 3.8) is 0 Å². The molecule has 0 saturated carbocycles. The normalized spacial score (nSPS) is 21.6. The second-order valence-corrected chi connectivity index (χ2v) is 9.27. The Morgan fingerprint density at radius 1 is 1.06 bits per heavy atom. The third-order valence-electron chi connectivity index (χ3n) is 6.57. The number of guanidine groups is 1. The predicted molar refractivity (Wildman–Crippen MR) is 134 cm³/mol. The topological polar surface area (TPSA) is 60.0 Å². The van der Waals surface area contributed by atoms with Gasteiger partial charge in [0.05, 0.1) is 6.54 Å². The lowest BCUT2D eigenvalue weighted by molar-refractivity contribution is -0.128. The van der Waals surface area contributed by atoms with Crippen molar-refractivity contribution in [2.75, 3.05) is 19.6 Å². The van der Waals surface area contributed by atoms with Crippen molar-refractivity contribution in [2.24, 2.45) is 4.99 Å². The van der Waals surface area contributed by atoms with Crippen molar-refractivity contribution >= 4 is 11.9 Å². The summed E-state index contributed by atoms with van der Waals surface area (Å²) in [6.45, 7) is 9.43. The minimum absolute atomic E-state index is 0.268. The third kappa shape index (κ3) is 6.57. The van der Waals surface area contributed by atoms with Crippen LogP contribution in [0.5, 0.6) is 0 Å². The Morgan fingerprint density at radius 2 is 1.85 bits per heavy atom. The summed E-state index contributed by atoms with van der Waals surface area (Å²) in [7, 11) is 0. The van der Waals surface area contributed by atoms with E-state index in [2.05, 4.69) is 84.0 Å². The molecule has 2 saturated heterocycles. The van der Waals surface area contributed by atoms with Crippen LogP contribution in [0.25, 0.3) is 0 Å². The second-order valence-electron chi connectivity index (χ2n) is 9.27. The molecule has 33 heavy (non-hydrogen) atoms. The van der Waals surface area contributed by atoms with Gasteiger partial charge in [0.25, 0.3) is 0 Å². The number of amides is 1. The highest BCUT2D eigenvalue weighted by Crippen LogP contribution is 2.20. The molecule has 0 spiro atoms. The van der Waals surface area contributed by atoms with Gasteiger partial charge in [0.15, 0.2) is 5.96 Å². The molecule has 176 valence electrons. The van der Waals surface area contributed by atoms with E-state index in [0.29, 0.717) is 31.6 Å². The molecule has 1 amide bonds. The highest BCUT2D eigenvalue weighted by atomic mass is 16.2. The molecule has 2 N–H and O–H groups in total. The minimum Gasteiger partial charge on any atom is -0.357 e. The van der Waals surface area contributed by atoms with Crippen LogP contribution in [0.3, 0.4) is 0 Å². The van der Waals surface area contributed by atoms with Crippen LogP contribution >= 0.6 is 0 Å². The van der Waals surface area contributed by atoms with Gasteiger partial charge in [-0.15, -0.1) is 0 Å². The zero-order chi connectivity index (χ0) is 23.0. The fourth-order valence-electron chi connectivity index (χ4n) is 4.84. The molecule has 6 nitrogen and oxygen atoms in total. The largest absolute Gasteiger partial charge is 0.357 e. The first-order valence-electron chi connectivity index (χ1n) is 12.3. The molecule has 2 fully saturated rings. The molecule has 0 bridgehead atoms. The maximum Gasteiger partial charge on any atom is 0.222 e. The lowest BCUT2D eigenvalue weighted by Gasteiger charge is -2.21. The molecule has 2 aromatic carbocycles. The highest BCUT2D eigenvalue weighted by Gasteiger charge is 2.29. The van der Waals surface area contributed by atoms with Gasteiger partial charge < -0.3 is 15.5 Å². The average Bonchev–Trinajstić information content (AvgIpc) is 3.37. The van der Waals surface area contributed by atoms with E-state index >= 15 is 0 Å². The number of nitrogens with one attached hydrogen (secondary N) is 2. The summed E-state index contributed by atoms with van der Waals surface area (Å²) in [5.41, 5.74) is 3.71. The summed E-state index contributed by atoms with van der Waals surface area (Å²) in [6, 6.07) is 20.1. The van der Waals surface area contributed by atoms with Crippen molar-refractivity contribution < 1.29 is 4.79 Å². The van der Waals surface area contributed by atoms with E-state index in [4.69, 9.17) is 4.99 Å². The van der Waals surface area contributed by atoms with Crippen molar-refractivity contribution in [3.8, 4) is 0 Å². The van der Waals surface area contributed by atoms with Crippen LogP contribution in [0.2, 0.25) is 0 Å². The Morgan fingerprint density at radius 3 is 2.61 bits per heavy atom. The molecule has 0 aliphatic carbocycles. The van der Waals surface area contributed by atoms with Crippen LogP contribution < -0.4 is 10.6 Å². The molecule has 0 aromatic heterocycles. The first-order valence-corrected chi connectivity index (χ1v) is 12.3. The molecule has 2 aliphatic rings. The number of carbonyl (C=O) groups excluding carboxylic acids is 1. The summed E-state index contributed by atoms with van der Waals surface area (Å²) in [5, 5.41) is 7.06. The summed E-state index contributed by atoms with van der Waals surface area (Å²) in [4.78, 5) is 21.3. The van der Waals surface area contributed by atoms with Gasteiger partial charge in [-0.05, 0) is 43.4 Å². The SMILES string of the molecule is CCNC(=NCc1cccc(CN2CCCC2=O)c1)NC1CC(C)N(Cc2ccccc2)C1. The minimum atomic E-state index is 0.268. The Balaban J connectivity index is 1.34. The standard InChI is InChI=1S/C27H37N5O/c1-3-28-27(30-25-15-21(2)32(20-25)18-22-9-5-4-6-10-22)29-17-23-11-7-12-24(16-23)19-31-14-8-13-26(31)33/h4-7,9-12,16,21,25H,3,8,13-15,17-20H2,1-2H3,(H2,28,29,30). The Hall–Kier alpha value is -2.86. The molecule has 2 unspecified atom stereocenters. The fraction of sp³-hybridized carbons (Fsp3) is 0.481. The number of rotatable bonds is 8. The first-order chi connectivity index (χ1) is 16.1.